The molecular weight excluding hydrogens is 935 g/mol. The summed E-state index contributed by atoms with van der Waals surface area (Å²) in [6.45, 7) is 3.88. The van der Waals surface area contributed by atoms with Crippen LogP contribution in [0.2, 0.25) is 0 Å². The van der Waals surface area contributed by atoms with E-state index < -0.39 is 49.5 Å². The molecule has 75 heavy (non-hydrogen) atoms. The first-order valence-corrected chi connectivity index (χ1v) is 33.0. The van der Waals surface area contributed by atoms with Crippen molar-refractivity contribution in [3.05, 3.63) is 24.3 Å². The summed E-state index contributed by atoms with van der Waals surface area (Å²) in [5.74, 6) is -0.141. The van der Waals surface area contributed by atoms with Crippen molar-refractivity contribution >= 4 is 5.91 Å². The second-order valence-electron chi connectivity index (χ2n) is 23.3. The predicted octanol–water partition coefficient (Wildman–Crippen LogP) is 17.3. The number of aliphatic hydroxyl groups excluding tert-OH is 5. The maximum absolute atomic E-state index is 13.1. The van der Waals surface area contributed by atoms with E-state index in [4.69, 9.17) is 9.47 Å². The Balaban J connectivity index is 2.13. The van der Waals surface area contributed by atoms with E-state index in [2.05, 4.69) is 43.5 Å². The highest BCUT2D eigenvalue weighted by Gasteiger charge is 2.44. The van der Waals surface area contributed by atoms with Crippen LogP contribution in [0.3, 0.4) is 0 Å². The smallest absolute Gasteiger partial charge is 0.220 e. The molecule has 1 saturated heterocycles. The minimum absolute atomic E-state index is 0.135. The average Bonchev–Trinajstić information content (AvgIpc) is 3.41. The van der Waals surface area contributed by atoms with Crippen LogP contribution in [0.1, 0.15) is 335 Å². The van der Waals surface area contributed by atoms with Gasteiger partial charge in [-0.2, -0.15) is 0 Å². The first-order valence-electron chi connectivity index (χ1n) is 33.0. The highest BCUT2D eigenvalue weighted by atomic mass is 16.7. The molecule has 1 aliphatic heterocycles. The summed E-state index contributed by atoms with van der Waals surface area (Å²) in [7, 11) is 0. The maximum atomic E-state index is 13.1. The number of carbonyl (C=O) groups excluding carboxylic acids is 1. The number of allylic oxidation sites excluding steroid dienone is 4. The predicted molar refractivity (Wildman–Crippen MR) is 318 cm³/mol. The van der Waals surface area contributed by atoms with Crippen molar-refractivity contribution in [2.24, 2.45) is 0 Å². The summed E-state index contributed by atoms with van der Waals surface area (Å²) < 4.78 is 11.4. The lowest BCUT2D eigenvalue weighted by Crippen LogP contribution is -2.60. The fourth-order valence-corrected chi connectivity index (χ4v) is 10.8. The monoisotopic (exact) mass is 1060 g/mol. The van der Waals surface area contributed by atoms with E-state index in [0.717, 1.165) is 44.9 Å². The molecular formula is C66H127NO8. The summed E-state index contributed by atoms with van der Waals surface area (Å²) in [5, 5.41) is 54.9. The Morgan fingerprint density at radius 2 is 0.787 bits per heavy atom. The van der Waals surface area contributed by atoms with E-state index in [1.165, 1.54) is 263 Å². The van der Waals surface area contributed by atoms with Crippen LogP contribution >= 0.6 is 0 Å². The zero-order valence-corrected chi connectivity index (χ0v) is 49.6. The number of hydrogen-bond acceptors (Lipinski definition) is 8. The summed E-state index contributed by atoms with van der Waals surface area (Å²) >= 11 is 0. The Morgan fingerprint density at radius 1 is 0.453 bits per heavy atom. The Bertz CT molecular complexity index is 1230. The van der Waals surface area contributed by atoms with Gasteiger partial charge in [-0.05, 0) is 44.9 Å². The quantitative estimate of drug-likeness (QED) is 0.0261. The molecule has 444 valence electrons. The molecule has 0 spiro atoms. The van der Waals surface area contributed by atoms with Crippen LogP contribution in [0.5, 0.6) is 0 Å². The number of rotatable bonds is 58. The molecule has 1 aliphatic rings. The lowest BCUT2D eigenvalue weighted by atomic mass is 9.99. The Morgan fingerprint density at radius 3 is 1.15 bits per heavy atom. The molecule has 0 aromatic heterocycles. The number of nitrogens with one attached hydrogen (secondary N) is 1. The molecule has 0 radical (unpaired) electrons. The Kier molecular flexibility index (Phi) is 53.5. The van der Waals surface area contributed by atoms with Crippen LogP contribution in [0.25, 0.3) is 0 Å². The van der Waals surface area contributed by atoms with E-state index in [1.807, 2.05) is 0 Å². The van der Waals surface area contributed by atoms with Crippen molar-refractivity contribution in [1.82, 2.24) is 5.32 Å². The summed E-state index contributed by atoms with van der Waals surface area (Å²) in [6, 6.07) is -0.720. The van der Waals surface area contributed by atoms with Crippen LogP contribution in [0.15, 0.2) is 24.3 Å². The maximum Gasteiger partial charge on any atom is 0.220 e. The van der Waals surface area contributed by atoms with Gasteiger partial charge in [0.1, 0.15) is 24.4 Å². The van der Waals surface area contributed by atoms with Gasteiger partial charge in [-0.1, -0.05) is 308 Å². The highest BCUT2D eigenvalue weighted by molar-refractivity contribution is 5.76. The molecule has 0 aromatic rings. The van der Waals surface area contributed by atoms with Gasteiger partial charge >= 0.3 is 0 Å². The molecule has 6 N–H and O–H groups in total. The number of ether oxygens (including phenoxy) is 2. The first-order chi connectivity index (χ1) is 36.8. The lowest BCUT2D eigenvalue weighted by molar-refractivity contribution is -0.302. The van der Waals surface area contributed by atoms with Crippen molar-refractivity contribution in [3.8, 4) is 0 Å². The standard InChI is InChI=1S/C66H127NO8/c1-3-5-7-9-11-13-15-17-19-21-23-25-27-28-29-30-31-32-34-35-37-39-41-43-45-47-49-51-53-55-60(69)59(58-74-66-65(73)64(72)63(71)61(57-68)75-66)67-62(70)56-54-52-50-48-46-44-42-40-38-36-33-26-24-22-20-18-16-14-12-10-8-6-4-2/h16,18,22,24,59-61,63-66,68-69,71-73H,3-15,17,19-21,23,25-58H2,1-2H3,(H,67,70)/b18-16-,24-22-. The molecule has 9 nitrogen and oxygen atoms in total. The molecule has 1 heterocycles. The number of hydrogen-bond donors (Lipinski definition) is 6. The SMILES string of the molecule is CCCCCCC/C=C\C/C=C\CCCCCCCCCCCCCC(=O)NC(COC1OC(CO)C(O)C(O)C1O)C(O)CCCCCCCCCCCCCCCCCCCCCCCCCCCCCCC. The fourth-order valence-electron chi connectivity index (χ4n) is 10.8. The number of unbranched alkanes of at least 4 members (excludes halogenated alkanes) is 44. The molecule has 1 rings (SSSR count). The molecule has 1 fully saturated rings. The van der Waals surface area contributed by atoms with Gasteiger partial charge in [0.15, 0.2) is 6.29 Å². The minimum atomic E-state index is -1.55. The first kappa shape index (κ1) is 71.7. The van der Waals surface area contributed by atoms with Gasteiger partial charge < -0.3 is 40.3 Å². The van der Waals surface area contributed by atoms with Crippen LogP contribution in [-0.4, -0.2) is 87.5 Å². The molecule has 0 aliphatic carbocycles. The number of carbonyl (C=O) groups is 1. The molecule has 0 saturated carbocycles. The summed E-state index contributed by atoms with van der Waals surface area (Å²) in [5.41, 5.74) is 0. The van der Waals surface area contributed by atoms with Gasteiger partial charge in [-0.25, -0.2) is 0 Å². The van der Waals surface area contributed by atoms with Crippen molar-refractivity contribution in [2.45, 2.75) is 378 Å². The van der Waals surface area contributed by atoms with E-state index in [1.54, 1.807) is 0 Å². The molecule has 7 unspecified atom stereocenters. The van der Waals surface area contributed by atoms with Gasteiger partial charge in [0.2, 0.25) is 5.91 Å². The largest absolute Gasteiger partial charge is 0.394 e. The Hall–Kier alpha value is -1.33. The zero-order valence-electron chi connectivity index (χ0n) is 49.6. The van der Waals surface area contributed by atoms with Crippen LogP contribution in [0, 0.1) is 0 Å². The molecule has 0 bridgehead atoms. The summed E-state index contributed by atoms with van der Waals surface area (Å²) in [6.07, 6.45) is 65.1. The van der Waals surface area contributed by atoms with Gasteiger partial charge in [0, 0.05) is 6.42 Å². The van der Waals surface area contributed by atoms with Crippen molar-refractivity contribution in [1.29, 1.82) is 0 Å². The topological polar surface area (TPSA) is 149 Å². The van der Waals surface area contributed by atoms with E-state index >= 15 is 0 Å². The van der Waals surface area contributed by atoms with Crippen LogP contribution in [-0.2, 0) is 14.3 Å². The van der Waals surface area contributed by atoms with Crippen LogP contribution in [0.4, 0.5) is 0 Å². The number of aliphatic hydroxyl groups is 5. The third-order valence-electron chi connectivity index (χ3n) is 16.1. The molecule has 7 atom stereocenters. The Labute approximate surface area is 464 Å². The van der Waals surface area contributed by atoms with Crippen molar-refractivity contribution in [2.75, 3.05) is 13.2 Å². The average molecular weight is 1060 g/mol. The molecule has 0 aromatic carbocycles. The van der Waals surface area contributed by atoms with Gasteiger partial charge in [-0.3, -0.25) is 4.79 Å². The summed E-state index contributed by atoms with van der Waals surface area (Å²) in [4.78, 5) is 13.1. The minimum Gasteiger partial charge on any atom is -0.394 e. The van der Waals surface area contributed by atoms with E-state index in [-0.39, 0.29) is 12.5 Å². The van der Waals surface area contributed by atoms with Crippen molar-refractivity contribution in [3.63, 3.8) is 0 Å². The van der Waals surface area contributed by atoms with Gasteiger partial charge in [-0.15, -0.1) is 0 Å². The third kappa shape index (κ3) is 45.1. The van der Waals surface area contributed by atoms with Crippen LogP contribution < -0.4 is 5.32 Å². The van der Waals surface area contributed by atoms with E-state index in [0.29, 0.717) is 12.8 Å². The van der Waals surface area contributed by atoms with Gasteiger partial charge in [0.25, 0.3) is 0 Å². The lowest BCUT2D eigenvalue weighted by Gasteiger charge is -2.40. The normalized spacial score (nSPS) is 18.9. The molecule has 1 amide bonds. The third-order valence-corrected chi connectivity index (χ3v) is 16.1. The fraction of sp³-hybridized carbons (Fsp3) is 0.924. The van der Waals surface area contributed by atoms with Crippen molar-refractivity contribution < 1.29 is 39.8 Å². The molecule has 9 heteroatoms. The van der Waals surface area contributed by atoms with E-state index in [9.17, 15) is 30.3 Å². The second-order valence-corrected chi connectivity index (χ2v) is 23.3. The zero-order chi connectivity index (χ0) is 54.3. The van der Waals surface area contributed by atoms with Gasteiger partial charge in [0.05, 0.1) is 25.4 Å². The number of amides is 1. The highest BCUT2D eigenvalue weighted by Crippen LogP contribution is 2.24. The second kappa shape index (κ2) is 56.0.